The van der Waals surface area contributed by atoms with E-state index in [1.165, 1.54) is 19.3 Å². The van der Waals surface area contributed by atoms with E-state index in [1.54, 1.807) is 0 Å². The molecule has 1 heterocycles. The molecule has 1 fully saturated rings. The highest BCUT2D eigenvalue weighted by atomic mass is 16.3. The summed E-state index contributed by atoms with van der Waals surface area (Å²) in [4.78, 5) is 2.55. The molecule has 2 N–H and O–H groups in total. The van der Waals surface area contributed by atoms with Gasteiger partial charge in [-0.3, -0.25) is 4.90 Å². The van der Waals surface area contributed by atoms with Crippen LogP contribution in [0.25, 0.3) is 0 Å². The molecule has 0 amide bonds. The predicted molar refractivity (Wildman–Crippen MR) is 73.2 cm³/mol. The minimum absolute atomic E-state index is 0.186. The quantitative estimate of drug-likeness (QED) is 0.774. The molecule has 102 valence electrons. The molecule has 1 rings (SSSR count). The molecule has 1 aliphatic heterocycles. The van der Waals surface area contributed by atoms with Gasteiger partial charge in [-0.1, -0.05) is 20.3 Å². The van der Waals surface area contributed by atoms with Crippen molar-refractivity contribution in [2.75, 3.05) is 13.2 Å². The zero-order valence-electron chi connectivity index (χ0n) is 12.2. The second-order valence-corrected chi connectivity index (χ2v) is 6.32. The molecule has 0 aliphatic carbocycles. The third-order valence-corrected chi connectivity index (χ3v) is 3.89. The van der Waals surface area contributed by atoms with Gasteiger partial charge in [0.2, 0.25) is 0 Å². The monoisotopic (exact) mass is 242 g/mol. The highest BCUT2D eigenvalue weighted by Gasteiger charge is 2.32. The molecular weight excluding hydrogens is 212 g/mol. The van der Waals surface area contributed by atoms with Crippen molar-refractivity contribution in [1.82, 2.24) is 10.2 Å². The van der Waals surface area contributed by atoms with Gasteiger partial charge in [-0.05, 0) is 33.6 Å². The molecule has 0 aromatic heterocycles. The second-order valence-electron chi connectivity index (χ2n) is 6.32. The Kier molecular flexibility index (Phi) is 5.42. The van der Waals surface area contributed by atoms with Crippen LogP contribution in [-0.2, 0) is 0 Å². The summed E-state index contributed by atoms with van der Waals surface area (Å²) in [6.45, 7) is 12.1. The highest BCUT2D eigenvalue weighted by Crippen LogP contribution is 2.24. The molecule has 1 saturated heterocycles. The van der Waals surface area contributed by atoms with E-state index in [1.807, 2.05) is 0 Å². The van der Waals surface area contributed by atoms with Gasteiger partial charge in [0, 0.05) is 24.7 Å². The van der Waals surface area contributed by atoms with E-state index in [9.17, 15) is 5.11 Å². The Hall–Kier alpha value is -0.120. The van der Waals surface area contributed by atoms with Crippen molar-refractivity contribution in [3.05, 3.63) is 0 Å². The minimum atomic E-state index is -0.186. The van der Waals surface area contributed by atoms with Gasteiger partial charge in [0.05, 0.1) is 12.1 Å². The van der Waals surface area contributed by atoms with Crippen LogP contribution < -0.4 is 5.32 Å². The molecule has 0 aromatic carbocycles. The zero-order valence-corrected chi connectivity index (χ0v) is 12.2. The largest absolute Gasteiger partial charge is 0.394 e. The van der Waals surface area contributed by atoms with Crippen molar-refractivity contribution in [2.24, 2.45) is 0 Å². The van der Waals surface area contributed by atoms with Crippen LogP contribution in [-0.4, -0.2) is 46.8 Å². The summed E-state index contributed by atoms with van der Waals surface area (Å²) in [5.41, 5.74) is -0.186. The Balaban J connectivity index is 2.65. The average Bonchev–Trinajstić information content (AvgIpc) is 2.23. The third-order valence-electron chi connectivity index (χ3n) is 3.89. The van der Waals surface area contributed by atoms with Crippen LogP contribution in [0.1, 0.15) is 53.9 Å². The van der Waals surface area contributed by atoms with Crippen molar-refractivity contribution in [3.8, 4) is 0 Å². The number of aliphatic hydroxyl groups is 1. The van der Waals surface area contributed by atoms with Gasteiger partial charge in [-0.2, -0.15) is 0 Å². The first kappa shape index (κ1) is 14.9. The van der Waals surface area contributed by atoms with Crippen molar-refractivity contribution in [1.29, 1.82) is 0 Å². The van der Waals surface area contributed by atoms with E-state index in [2.05, 4.69) is 44.8 Å². The molecule has 3 heteroatoms. The van der Waals surface area contributed by atoms with Gasteiger partial charge < -0.3 is 10.4 Å². The maximum absolute atomic E-state index is 9.65. The van der Waals surface area contributed by atoms with Gasteiger partial charge in [0.15, 0.2) is 0 Å². The normalized spacial score (nSPS) is 30.5. The van der Waals surface area contributed by atoms with Crippen molar-refractivity contribution in [3.63, 3.8) is 0 Å². The smallest absolute Gasteiger partial charge is 0.0623 e. The van der Waals surface area contributed by atoms with Gasteiger partial charge in [-0.25, -0.2) is 0 Å². The van der Waals surface area contributed by atoms with E-state index in [0.29, 0.717) is 18.1 Å². The Morgan fingerprint density at radius 1 is 1.29 bits per heavy atom. The lowest BCUT2D eigenvalue weighted by molar-refractivity contribution is 0.0443. The van der Waals surface area contributed by atoms with Gasteiger partial charge in [0.1, 0.15) is 0 Å². The number of hydrogen-bond acceptors (Lipinski definition) is 3. The van der Waals surface area contributed by atoms with E-state index in [4.69, 9.17) is 0 Å². The fourth-order valence-corrected chi connectivity index (χ4v) is 3.03. The van der Waals surface area contributed by atoms with E-state index in [0.717, 1.165) is 6.54 Å². The Morgan fingerprint density at radius 2 is 1.82 bits per heavy atom. The Labute approximate surface area is 107 Å². The molecule has 0 saturated carbocycles. The second kappa shape index (κ2) is 6.17. The SMILES string of the molecule is CC(C)NC(C)(CO)CN1C(C)CCCC1C. The molecule has 1 aliphatic rings. The number of nitrogens with zero attached hydrogens (tertiary/aromatic N) is 1. The summed E-state index contributed by atoms with van der Waals surface area (Å²) >= 11 is 0. The molecule has 0 spiro atoms. The van der Waals surface area contributed by atoms with Gasteiger partial charge in [-0.15, -0.1) is 0 Å². The topological polar surface area (TPSA) is 35.5 Å². The molecule has 17 heavy (non-hydrogen) atoms. The summed E-state index contributed by atoms with van der Waals surface area (Å²) in [5.74, 6) is 0. The maximum atomic E-state index is 9.65. The number of rotatable bonds is 5. The molecule has 3 atom stereocenters. The fourth-order valence-electron chi connectivity index (χ4n) is 3.03. The van der Waals surface area contributed by atoms with Crippen LogP contribution >= 0.6 is 0 Å². The van der Waals surface area contributed by atoms with Crippen LogP contribution in [0.5, 0.6) is 0 Å². The number of likely N-dealkylation sites (tertiary alicyclic amines) is 1. The molecule has 3 nitrogen and oxygen atoms in total. The first-order chi connectivity index (χ1) is 7.88. The summed E-state index contributed by atoms with van der Waals surface area (Å²) in [7, 11) is 0. The highest BCUT2D eigenvalue weighted by molar-refractivity contribution is 4.91. The summed E-state index contributed by atoms with van der Waals surface area (Å²) in [6, 6.07) is 1.68. The summed E-state index contributed by atoms with van der Waals surface area (Å²) in [5, 5.41) is 13.2. The molecular formula is C14H30N2O. The molecule has 0 bridgehead atoms. The van der Waals surface area contributed by atoms with Crippen LogP contribution in [0.2, 0.25) is 0 Å². The zero-order chi connectivity index (χ0) is 13.1. The predicted octanol–water partition coefficient (Wildman–Crippen LogP) is 2.00. The first-order valence-electron chi connectivity index (χ1n) is 7.02. The maximum Gasteiger partial charge on any atom is 0.0623 e. The van der Waals surface area contributed by atoms with Gasteiger partial charge >= 0.3 is 0 Å². The third kappa shape index (κ3) is 4.23. The van der Waals surface area contributed by atoms with Crippen molar-refractivity contribution in [2.45, 2.75) is 77.5 Å². The van der Waals surface area contributed by atoms with E-state index < -0.39 is 0 Å². The standard InChI is InChI=1S/C14H30N2O/c1-11(2)15-14(5,10-17)9-16-12(3)7-6-8-13(16)4/h11-13,15,17H,6-10H2,1-5H3. The van der Waals surface area contributed by atoms with E-state index >= 15 is 0 Å². The minimum Gasteiger partial charge on any atom is -0.394 e. The van der Waals surface area contributed by atoms with Gasteiger partial charge in [0.25, 0.3) is 0 Å². The summed E-state index contributed by atoms with van der Waals surface area (Å²) < 4.78 is 0. The lowest BCUT2D eigenvalue weighted by Crippen LogP contribution is -2.59. The number of hydrogen-bond donors (Lipinski definition) is 2. The lowest BCUT2D eigenvalue weighted by Gasteiger charge is -2.44. The average molecular weight is 242 g/mol. The van der Waals surface area contributed by atoms with Crippen molar-refractivity contribution >= 4 is 0 Å². The number of piperidine rings is 1. The lowest BCUT2D eigenvalue weighted by atomic mass is 9.93. The van der Waals surface area contributed by atoms with E-state index in [-0.39, 0.29) is 12.1 Å². The Bertz CT molecular complexity index is 222. The fraction of sp³-hybridized carbons (Fsp3) is 1.00. The molecule has 0 aromatic rings. The molecule has 3 unspecified atom stereocenters. The van der Waals surface area contributed by atoms with Crippen LogP contribution in [0.3, 0.4) is 0 Å². The number of nitrogens with one attached hydrogen (secondary N) is 1. The number of aliphatic hydroxyl groups excluding tert-OH is 1. The van der Waals surface area contributed by atoms with Crippen LogP contribution in [0.4, 0.5) is 0 Å². The Morgan fingerprint density at radius 3 is 2.24 bits per heavy atom. The first-order valence-corrected chi connectivity index (χ1v) is 7.02. The molecule has 0 radical (unpaired) electrons. The van der Waals surface area contributed by atoms with Crippen molar-refractivity contribution < 1.29 is 5.11 Å². The van der Waals surface area contributed by atoms with Crippen LogP contribution in [0, 0.1) is 0 Å². The summed E-state index contributed by atoms with van der Waals surface area (Å²) in [6.07, 6.45) is 3.91. The van der Waals surface area contributed by atoms with Crippen LogP contribution in [0.15, 0.2) is 0 Å².